The summed E-state index contributed by atoms with van der Waals surface area (Å²) in [6.45, 7) is 5.06. The van der Waals surface area contributed by atoms with Crippen LogP contribution in [-0.4, -0.2) is 14.5 Å². The lowest BCUT2D eigenvalue weighted by Gasteiger charge is -2.17. The van der Waals surface area contributed by atoms with Crippen molar-refractivity contribution >= 4 is 15.9 Å². The summed E-state index contributed by atoms with van der Waals surface area (Å²) < 4.78 is 34.4. The van der Waals surface area contributed by atoms with E-state index >= 15 is 0 Å². The van der Waals surface area contributed by atoms with Crippen LogP contribution in [0.2, 0.25) is 0 Å². The van der Waals surface area contributed by atoms with E-state index in [1.165, 1.54) is 0 Å². The van der Waals surface area contributed by atoms with Gasteiger partial charge in [-0.1, -0.05) is 0 Å². The maximum absolute atomic E-state index is 13.7. The zero-order valence-corrected chi connectivity index (χ0v) is 16.5. The maximum Gasteiger partial charge on any atom is 0.261 e. The minimum absolute atomic E-state index is 0.0356. The second-order valence-electron chi connectivity index (χ2n) is 6.08. The van der Waals surface area contributed by atoms with E-state index < -0.39 is 11.6 Å². The van der Waals surface area contributed by atoms with Gasteiger partial charge in [-0.15, -0.1) is 0 Å². The molecule has 3 rings (SSSR count). The topological polar surface area (TPSA) is 57.0 Å². The fourth-order valence-corrected chi connectivity index (χ4v) is 2.99. The third-order valence-electron chi connectivity index (χ3n) is 4.12. The SMILES string of the molecule is Cc1cnc(Br)cc1-n1c(C)cc(OCc2ncc(F)cc2F)c(C)c1=O. The molecule has 0 aliphatic carbocycles. The van der Waals surface area contributed by atoms with Gasteiger partial charge in [-0.3, -0.25) is 14.3 Å². The van der Waals surface area contributed by atoms with Crippen LogP contribution in [0.1, 0.15) is 22.5 Å². The van der Waals surface area contributed by atoms with Crippen molar-refractivity contribution in [2.45, 2.75) is 27.4 Å². The Morgan fingerprint density at radius 3 is 2.56 bits per heavy atom. The molecule has 0 saturated heterocycles. The molecular formula is C19H16BrF2N3O2. The highest BCUT2D eigenvalue weighted by atomic mass is 79.9. The first kappa shape index (κ1) is 19.2. The van der Waals surface area contributed by atoms with Crippen LogP contribution in [0.15, 0.2) is 40.0 Å². The number of hydrogen-bond donors (Lipinski definition) is 0. The smallest absolute Gasteiger partial charge is 0.261 e. The van der Waals surface area contributed by atoms with Gasteiger partial charge in [-0.25, -0.2) is 13.8 Å². The third-order valence-corrected chi connectivity index (χ3v) is 4.55. The Morgan fingerprint density at radius 1 is 1.11 bits per heavy atom. The van der Waals surface area contributed by atoms with E-state index in [4.69, 9.17) is 4.74 Å². The third kappa shape index (κ3) is 3.90. The molecule has 140 valence electrons. The van der Waals surface area contributed by atoms with Gasteiger partial charge in [-0.05, 0) is 48.3 Å². The van der Waals surface area contributed by atoms with Crippen LogP contribution in [0.4, 0.5) is 8.78 Å². The molecule has 3 aromatic heterocycles. The van der Waals surface area contributed by atoms with E-state index in [1.54, 1.807) is 36.7 Å². The normalized spacial score (nSPS) is 10.9. The summed E-state index contributed by atoms with van der Waals surface area (Å²) >= 11 is 3.32. The zero-order valence-electron chi connectivity index (χ0n) is 14.9. The van der Waals surface area contributed by atoms with Crippen molar-refractivity contribution in [3.8, 4) is 11.4 Å². The van der Waals surface area contributed by atoms with Gasteiger partial charge in [0.1, 0.15) is 28.5 Å². The summed E-state index contributed by atoms with van der Waals surface area (Å²) in [6.07, 6.45) is 2.59. The molecule has 0 aliphatic rings. The molecule has 0 atom stereocenters. The van der Waals surface area contributed by atoms with E-state index in [-0.39, 0.29) is 17.9 Å². The highest BCUT2D eigenvalue weighted by molar-refractivity contribution is 9.10. The van der Waals surface area contributed by atoms with Crippen molar-refractivity contribution in [2.75, 3.05) is 0 Å². The van der Waals surface area contributed by atoms with Crippen LogP contribution in [0.25, 0.3) is 5.69 Å². The summed E-state index contributed by atoms with van der Waals surface area (Å²) in [5.41, 5.74) is 2.28. The number of nitrogens with zero attached hydrogens (tertiary/aromatic N) is 3. The van der Waals surface area contributed by atoms with Crippen LogP contribution in [0, 0.1) is 32.4 Å². The van der Waals surface area contributed by atoms with Gasteiger partial charge in [0.05, 0.1) is 17.4 Å². The van der Waals surface area contributed by atoms with E-state index in [9.17, 15) is 13.6 Å². The lowest BCUT2D eigenvalue weighted by atomic mass is 10.2. The van der Waals surface area contributed by atoms with Crippen molar-refractivity contribution in [1.82, 2.24) is 14.5 Å². The van der Waals surface area contributed by atoms with Crippen LogP contribution >= 0.6 is 15.9 Å². The second-order valence-corrected chi connectivity index (χ2v) is 6.89. The fraction of sp³-hybridized carbons (Fsp3) is 0.211. The quantitative estimate of drug-likeness (QED) is 0.577. The molecule has 0 saturated carbocycles. The standard InChI is InChI=1S/C19H16BrF2N3O2/c1-10-7-24-18(20)6-16(10)25-11(2)4-17(12(3)19(25)26)27-9-15-14(22)5-13(21)8-23-15/h4-8H,9H2,1-3H3. The van der Waals surface area contributed by atoms with Crippen molar-refractivity contribution < 1.29 is 13.5 Å². The lowest BCUT2D eigenvalue weighted by Crippen LogP contribution is -2.24. The predicted molar refractivity (Wildman–Crippen MR) is 100 cm³/mol. The number of halogens is 3. The molecule has 0 fully saturated rings. The van der Waals surface area contributed by atoms with Crippen LogP contribution < -0.4 is 10.3 Å². The van der Waals surface area contributed by atoms with Crippen molar-refractivity contribution in [3.05, 3.63) is 79.7 Å². The first-order valence-electron chi connectivity index (χ1n) is 8.06. The van der Waals surface area contributed by atoms with Crippen LogP contribution in [-0.2, 0) is 6.61 Å². The van der Waals surface area contributed by atoms with Crippen molar-refractivity contribution in [2.24, 2.45) is 0 Å². The van der Waals surface area contributed by atoms with Gasteiger partial charge in [0, 0.05) is 24.0 Å². The molecule has 0 aromatic carbocycles. The molecule has 0 bridgehead atoms. The number of pyridine rings is 3. The molecule has 8 heteroatoms. The summed E-state index contributed by atoms with van der Waals surface area (Å²) in [5, 5.41) is 0. The largest absolute Gasteiger partial charge is 0.487 e. The number of rotatable bonds is 4. The Hall–Kier alpha value is -2.61. The molecule has 0 unspecified atom stereocenters. The molecular weight excluding hydrogens is 420 g/mol. The maximum atomic E-state index is 13.7. The molecule has 3 aromatic rings. The van der Waals surface area contributed by atoms with E-state index in [2.05, 4.69) is 25.9 Å². The molecule has 0 amide bonds. The summed E-state index contributed by atoms with van der Waals surface area (Å²) in [5.74, 6) is -1.23. The summed E-state index contributed by atoms with van der Waals surface area (Å²) in [4.78, 5) is 20.7. The minimum Gasteiger partial charge on any atom is -0.487 e. The van der Waals surface area contributed by atoms with Crippen LogP contribution in [0.3, 0.4) is 0 Å². The lowest BCUT2D eigenvalue weighted by molar-refractivity contribution is 0.290. The second kappa shape index (κ2) is 7.56. The number of ether oxygens (including phenoxy) is 1. The Balaban J connectivity index is 1.98. The number of aryl methyl sites for hydroxylation is 2. The van der Waals surface area contributed by atoms with E-state index in [1.807, 2.05) is 6.92 Å². The highest BCUT2D eigenvalue weighted by Gasteiger charge is 2.15. The van der Waals surface area contributed by atoms with Gasteiger partial charge in [-0.2, -0.15) is 0 Å². The van der Waals surface area contributed by atoms with Crippen molar-refractivity contribution in [3.63, 3.8) is 0 Å². The molecule has 0 N–H and O–H groups in total. The van der Waals surface area contributed by atoms with Gasteiger partial charge in [0.2, 0.25) is 0 Å². The Kier molecular flexibility index (Phi) is 5.36. The highest BCUT2D eigenvalue weighted by Crippen LogP contribution is 2.23. The van der Waals surface area contributed by atoms with E-state index in [0.29, 0.717) is 27.3 Å². The monoisotopic (exact) mass is 435 g/mol. The van der Waals surface area contributed by atoms with Gasteiger partial charge in [0.15, 0.2) is 5.82 Å². The first-order valence-corrected chi connectivity index (χ1v) is 8.85. The average molecular weight is 436 g/mol. The molecule has 5 nitrogen and oxygen atoms in total. The molecule has 3 heterocycles. The Bertz CT molecular complexity index is 1080. The summed E-state index contributed by atoms with van der Waals surface area (Å²) in [7, 11) is 0. The summed E-state index contributed by atoms with van der Waals surface area (Å²) in [6, 6.07) is 4.21. The zero-order chi connectivity index (χ0) is 19.7. The van der Waals surface area contributed by atoms with Gasteiger partial charge < -0.3 is 4.74 Å². The van der Waals surface area contributed by atoms with Gasteiger partial charge in [0.25, 0.3) is 5.56 Å². The molecule has 0 radical (unpaired) electrons. The first-order chi connectivity index (χ1) is 12.8. The Labute approximate surface area is 162 Å². The fourth-order valence-electron chi connectivity index (χ4n) is 2.67. The van der Waals surface area contributed by atoms with E-state index in [0.717, 1.165) is 17.8 Å². The number of aromatic nitrogens is 3. The van der Waals surface area contributed by atoms with Crippen molar-refractivity contribution in [1.29, 1.82) is 0 Å². The molecule has 27 heavy (non-hydrogen) atoms. The van der Waals surface area contributed by atoms with Gasteiger partial charge >= 0.3 is 0 Å². The number of hydrogen-bond acceptors (Lipinski definition) is 4. The average Bonchev–Trinajstić information content (AvgIpc) is 2.61. The molecule has 0 spiro atoms. The Morgan fingerprint density at radius 2 is 1.85 bits per heavy atom. The molecule has 0 aliphatic heterocycles. The minimum atomic E-state index is -0.796. The van der Waals surface area contributed by atoms with Crippen LogP contribution in [0.5, 0.6) is 5.75 Å². The predicted octanol–water partition coefficient (Wildman–Crippen LogP) is 4.17.